The number of alkyl halides is 3. The van der Waals surface area contributed by atoms with E-state index < -0.39 is 35.6 Å². The van der Waals surface area contributed by atoms with Crippen LogP contribution in [0.2, 0.25) is 0 Å². The predicted molar refractivity (Wildman–Crippen MR) is 172 cm³/mol. The van der Waals surface area contributed by atoms with Crippen molar-refractivity contribution >= 4 is 12.1 Å². The van der Waals surface area contributed by atoms with E-state index in [0.717, 1.165) is 26.8 Å². The fourth-order valence-electron chi connectivity index (χ4n) is 5.84. The van der Waals surface area contributed by atoms with Gasteiger partial charge in [-0.15, -0.1) is 0 Å². The number of nitrogens with one attached hydrogen (secondary N) is 1. The summed E-state index contributed by atoms with van der Waals surface area (Å²) in [6, 6.07) is 22.5. The zero-order valence-electron chi connectivity index (χ0n) is 26.2. The number of nitrogens with zero attached hydrogens (tertiary/aromatic N) is 6. The van der Waals surface area contributed by atoms with E-state index in [2.05, 4.69) is 10.4 Å². The molecular weight excluding hydrogens is 639 g/mol. The second-order valence-corrected chi connectivity index (χ2v) is 11.5. The number of aromatic nitrogens is 4. The molecule has 3 aromatic carbocycles. The molecule has 1 aliphatic rings. The molecule has 1 saturated heterocycles. The fourth-order valence-corrected chi connectivity index (χ4v) is 5.84. The van der Waals surface area contributed by atoms with Crippen LogP contribution in [0.25, 0.3) is 22.8 Å². The first-order chi connectivity index (χ1) is 23.5. The highest BCUT2D eigenvalue weighted by atomic mass is 19.4. The summed E-state index contributed by atoms with van der Waals surface area (Å²) in [5.74, 6) is 0. The van der Waals surface area contributed by atoms with Crippen LogP contribution in [0.5, 0.6) is 0 Å². The second kappa shape index (κ2) is 13.6. The summed E-state index contributed by atoms with van der Waals surface area (Å²) in [7, 11) is 0. The molecule has 11 nitrogen and oxygen atoms in total. The van der Waals surface area contributed by atoms with Gasteiger partial charge in [0.15, 0.2) is 0 Å². The van der Waals surface area contributed by atoms with Gasteiger partial charge in [0.2, 0.25) is 0 Å². The Morgan fingerprint density at radius 3 is 2.37 bits per heavy atom. The number of likely N-dealkylation sites (tertiary alicyclic amines) is 1. The first kappa shape index (κ1) is 32.8. The van der Waals surface area contributed by atoms with Crippen LogP contribution < -0.4 is 11.0 Å². The normalized spacial score (nSPS) is 13.6. The van der Waals surface area contributed by atoms with Gasteiger partial charge in [-0.2, -0.15) is 23.5 Å². The number of hydrogen-bond acceptors (Lipinski definition) is 6. The van der Waals surface area contributed by atoms with Crippen molar-refractivity contribution in [2.45, 2.75) is 38.6 Å². The van der Waals surface area contributed by atoms with E-state index in [1.807, 2.05) is 36.4 Å². The van der Waals surface area contributed by atoms with Gasteiger partial charge in [0.25, 0.3) is 0 Å². The quantitative estimate of drug-likeness (QED) is 0.235. The van der Waals surface area contributed by atoms with E-state index in [4.69, 9.17) is 4.74 Å². The highest BCUT2D eigenvalue weighted by molar-refractivity contribution is 5.83. The average Bonchev–Trinajstić information content (AvgIpc) is 3.69. The summed E-state index contributed by atoms with van der Waals surface area (Å²) in [6.45, 7) is 2.27. The van der Waals surface area contributed by atoms with Crippen LogP contribution in [0.1, 0.15) is 35.2 Å². The maximum absolute atomic E-state index is 14.1. The molecule has 1 N–H and O–H groups in total. The second-order valence-electron chi connectivity index (χ2n) is 11.5. The van der Waals surface area contributed by atoms with Gasteiger partial charge in [-0.1, -0.05) is 36.4 Å². The minimum absolute atomic E-state index is 0.0723. The average molecular weight is 670 g/mol. The Hall–Kier alpha value is -6.10. The minimum Gasteiger partial charge on any atom is -0.445 e. The molecule has 5 aromatic rings. The number of benzene rings is 3. The van der Waals surface area contributed by atoms with Crippen LogP contribution >= 0.6 is 0 Å². The van der Waals surface area contributed by atoms with Crippen molar-refractivity contribution in [1.29, 1.82) is 5.26 Å². The van der Waals surface area contributed by atoms with Crippen molar-refractivity contribution in [3.8, 4) is 28.8 Å². The molecule has 1 aliphatic heterocycles. The first-order valence-corrected chi connectivity index (χ1v) is 15.4. The van der Waals surface area contributed by atoms with Gasteiger partial charge in [-0.3, -0.25) is 4.57 Å². The molecule has 14 heteroatoms. The summed E-state index contributed by atoms with van der Waals surface area (Å²) >= 11 is 0. The summed E-state index contributed by atoms with van der Waals surface area (Å²) in [5, 5.41) is 16.5. The summed E-state index contributed by atoms with van der Waals surface area (Å²) in [4.78, 5) is 42.2. The number of carbonyl (C=O) groups is 2. The Morgan fingerprint density at radius 1 is 0.980 bits per heavy atom. The standard InChI is InChI=1S/C35H30F3N7O4/c1-23-31(30-14-17-40-45(30)28-12-10-24(21-39)11-13-28)44(33(47)43(23)29-9-5-8-26(20-29)35(36,37)38)32(46)41-27-15-18-42(19-16-27)34(48)49-22-25-6-3-2-4-7-25/h2-14,17,20,27H,15-16,18-19,22H2,1H3,(H,41,46). The third-order valence-electron chi connectivity index (χ3n) is 8.33. The minimum atomic E-state index is -4.66. The molecule has 1 fully saturated rings. The lowest BCUT2D eigenvalue weighted by atomic mass is 10.1. The lowest BCUT2D eigenvalue weighted by Gasteiger charge is -2.31. The van der Waals surface area contributed by atoms with E-state index >= 15 is 0 Å². The molecule has 250 valence electrons. The topological polar surface area (TPSA) is 127 Å². The van der Waals surface area contributed by atoms with E-state index in [1.54, 1.807) is 35.2 Å². The van der Waals surface area contributed by atoms with Crippen LogP contribution in [0.4, 0.5) is 22.8 Å². The molecule has 0 aliphatic carbocycles. The Labute approximate surface area is 278 Å². The van der Waals surface area contributed by atoms with Crippen LogP contribution in [0.3, 0.4) is 0 Å². The summed E-state index contributed by atoms with van der Waals surface area (Å²) < 4.78 is 49.8. The molecule has 0 bridgehead atoms. The van der Waals surface area contributed by atoms with Gasteiger partial charge in [0, 0.05) is 19.1 Å². The molecule has 0 atom stereocenters. The van der Waals surface area contributed by atoms with Gasteiger partial charge >= 0.3 is 24.0 Å². The van der Waals surface area contributed by atoms with Crippen molar-refractivity contribution < 1.29 is 27.5 Å². The Kier molecular flexibility index (Phi) is 9.08. The Morgan fingerprint density at radius 2 is 1.69 bits per heavy atom. The number of hydrogen-bond donors (Lipinski definition) is 1. The highest BCUT2D eigenvalue weighted by Gasteiger charge is 2.33. The number of imidazole rings is 1. The molecule has 49 heavy (non-hydrogen) atoms. The van der Waals surface area contributed by atoms with Crippen LogP contribution in [0, 0.1) is 18.3 Å². The SMILES string of the molecule is Cc1c(-c2ccnn2-c2ccc(C#N)cc2)n(C(=O)NC2CCN(C(=O)OCc3ccccc3)CC2)c(=O)n1-c1cccc(C(F)(F)F)c1. The highest BCUT2D eigenvalue weighted by Crippen LogP contribution is 2.32. The lowest BCUT2D eigenvalue weighted by molar-refractivity contribution is -0.137. The van der Waals surface area contributed by atoms with Gasteiger partial charge in [0.1, 0.15) is 12.3 Å². The number of carbonyl (C=O) groups excluding carboxylic acids is 2. The summed E-state index contributed by atoms with van der Waals surface area (Å²) in [6.07, 6.45) is -2.90. The number of halogens is 3. The number of amides is 2. The number of ether oxygens (including phenoxy) is 1. The zero-order chi connectivity index (χ0) is 34.7. The van der Waals surface area contributed by atoms with Crippen molar-refractivity contribution in [2.75, 3.05) is 13.1 Å². The van der Waals surface area contributed by atoms with Crippen LogP contribution in [0.15, 0.2) is 95.9 Å². The fraction of sp³-hybridized carbons (Fsp3) is 0.229. The van der Waals surface area contributed by atoms with E-state index in [1.165, 1.54) is 29.9 Å². The van der Waals surface area contributed by atoms with E-state index in [-0.39, 0.29) is 23.7 Å². The maximum atomic E-state index is 14.1. The maximum Gasteiger partial charge on any atom is 0.416 e. The molecule has 2 amide bonds. The van der Waals surface area contributed by atoms with E-state index in [9.17, 15) is 32.8 Å². The smallest absolute Gasteiger partial charge is 0.416 e. The number of rotatable bonds is 6. The molecule has 0 radical (unpaired) electrons. The largest absolute Gasteiger partial charge is 0.445 e. The number of nitriles is 1. The lowest BCUT2D eigenvalue weighted by Crippen LogP contribution is -2.49. The molecule has 0 unspecified atom stereocenters. The molecule has 3 heterocycles. The van der Waals surface area contributed by atoms with Crippen molar-refractivity contribution in [3.05, 3.63) is 124 Å². The van der Waals surface area contributed by atoms with Crippen molar-refractivity contribution in [3.63, 3.8) is 0 Å². The predicted octanol–water partition coefficient (Wildman–Crippen LogP) is 6.05. The third-order valence-corrected chi connectivity index (χ3v) is 8.33. The van der Waals surface area contributed by atoms with Crippen LogP contribution in [-0.2, 0) is 17.5 Å². The third kappa shape index (κ3) is 6.82. The van der Waals surface area contributed by atoms with Crippen molar-refractivity contribution in [1.82, 2.24) is 29.1 Å². The molecule has 2 aromatic heterocycles. The Bertz CT molecular complexity index is 2090. The number of piperidine rings is 1. The molecular formula is C35H30F3N7O4. The summed E-state index contributed by atoms with van der Waals surface area (Å²) in [5.41, 5.74) is 0.521. The molecule has 6 rings (SSSR count). The van der Waals surface area contributed by atoms with Gasteiger partial charge in [0.05, 0.1) is 46.2 Å². The molecule has 0 saturated carbocycles. The van der Waals surface area contributed by atoms with Gasteiger partial charge in [-0.05, 0) is 73.9 Å². The van der Waals surface area contributed by atoms with Crippen molar-refractivity contribution in [2.24, 2.45) is 0 Å². The van der Waals surface area contributed by atoms with E-state index in [0.29, 0.717) is 42.9 Å². The Balaban J connectivity index is 1.30. The van der Waals surface area contributed by atoms with Gasteiger partial charge < -0.3 is 15.0 Å². The molecule has 0 spiro atoms. The van der Waals surface area contributed by atoms with Crippen LogP contribution in [-0.4, -0.2) is 55.1 Å². The first-order valence-electron chi connectivity index (χ1n) is 15.4. The zero-order valence-corrected chi connectivity index (χ0v) is 26.2. The monoisotopic (exact) mass is 669 g/mol. The van der Waals surface area contributed by atoms with Gasteiger partial charge in [-0.25, -0.2) is 23.6 Å².